The predicted molar refractivity (Wildman–Crippen MR) is 80.4 cm³/mol. The Balaban J connectivity index is 1.96. The normalized spacial score (nSPS) is 28.8. The molecule has 0 aromatic carbocycles. The van der Waals surface area contributed by atoms with Crippen molar-refractivity contribution in [1.29, 1.82) is 0 Å². The molecule has 2 aliphatic rings. The molecule has 0 aromatic rings. The lowest BCUT2D eigenvalue weighted by Crippen LogP contribution is -2.51. The van der Waals surface area contributed by atoms with Crippen molar-refractivity contribution in [3.05, 3.63) is 0 Å². The fourth-order valence-corrected chi connectivity index (χ4v) is 4.27. The number of halogens is 1. The van der Waals surface area contributed by atoms with Gasteiger partial charge in [0.25, 0.3) is 0 Å². The molecule has 1 aliphatic heterocycles. The summed E-state index contributed by atoms with van der Waals surface area (Å²) in [7, 11) is 0. The van der Waals surface area contributed by atoms with Crippen molar-refractivity contribution in [2.75, 3.05) is 31.6 Å². The van der Waals surface area contributed by atoms with Gasteiger partial charge >= 0.3 is 0 Å². The Morgan fingerprint density at radius 3 is 2.33 bits per heavy atom. The molecule has 0 bridgehead atoms. The first-order valence-electron chi connectivity index (χ1n) is 7.48. The molecule has 0 amide bonds. The highest BCUT2D eigenvalue weighted by atomic mass is 79.9. The van der Waals surface area contributed by atoms with Gasteiger partial charge in [-0.2, -0.15) is 0 Å². The van der Waals surface area contributed by atoms with Crippen LogP contribution in [-0.2, 0) is 4.74 Å². The van der Waals surface area contributed by atoms with E-state index in [0.29, 0.717) is 5.41 Å². The van der Waals surface area contributed by atoms with Crippen molar-refractivity contribution in [2.45, 2.75) is 58.0 Å². The summed E-state index contributed by atoms with van der Waals surface area (Å²) < 4.78 is 5.82. The van der Waals surface area contributed by atoms with Gasteiger partial charge in [0, 0.05) is 25.0 Å². The predicted octanol–water partition coefficient (Wildman–Crippen LogP) is 3.83. The highest BCUT2D eigenvalue weighted by Gasteiger charge is 2.35. The fourth-order valence-electron chi connectivity index (χ4n) is 3.54. The number of rotatable bonds is 3. The molecule has 2 nitrogen and oxygen atoms in total. The van der Waals surface area contributed by atoms with E-state index in [2.05, 4.69) is 34.7 Å². The van der Waals surface area contributed by atoms with Crippen molar-refractivity contribution >= 4 is 15.9 Å². The first kappa shape index (κ1) is 14.8. The SMILES string of the molecule is CC1(C)CN(CC2(CBr)CCCCCC2)CCO1. The van der Waals surface area contributed by atoms with Crippen LogP contribution in [0, 0.1) is 5.41 Å². The van der Waals surface area contributed by atoms with Crippen LogP contribution in [0.25, 0.3) is 0 Å². The smallest absolute Gasteiger partial charge is 0.0753 e. The van der Waals surface area contributed by atoms with E-state index >= 15 is 0 Å². The van der Waals surface area contributed by atoms with Crippen LogP contribution >= 0.6 is 15.9 Å². The molecule has 1 saturated heterocycles. The highest BCUT2D eigenvalue weighted by molar-refractivity contribution is 9.09. The fraction of sp³-hybridized carbons (Fsp3) is 1.00. The zero-order valence-electron chi connectivity index (χ0n) is 12.0. The average Bonchev–Trinajstić information content (AvgIpc) is 2.54. The summed E-state index contributed by atoms with van der Waals surface area (Å²) in [5.74, 6) is 0. The summed E-state index contributed by atoms with van der Waals surface area (Å²) in [5.41, 5.74) is 0.556. The largest absolute Gasteiger partial charge is 0.373 e. The van der Waals surface area contributed by atoms with E-state index in [0.717, 1.165) is 25.0 Å². The van der Waals surface area contributed by atoms with Crippen LogP contribution in [0.1, 0.15) is 52.4 Å². The summed E-state index contributed by atoms with van der Waals surface area (Å²) in [5, 5.41) is 1.16. The van der Waals surface area contributed by atoms with Gasteiger partial charge < -0.3 is 4.74 Å². The van der Waals surface area contributed by atoms with E-state index in [-0.39, 0.29) is 5.60 Å². The quantitative estimate of drug-likeness (QED) is 0.579. The minimum absolute atomic E-state index is 0.0382. The third-order valence-electron chi connectivity index (χ3n) is 4.51. The van der Waals surface area contributed by atoms with Crippen molar-refractivity contribution < 1.29 is 4.74 Å². The monoisotopic (exact) mass is 317 g/mol. The van der Waals surface area contributed by atoms with E-state index in [1.807, 2.05) is 0 Å². The standard InChI is InChI=1S/C15H28BrNO/c1-14(2)12-17(9-10-18-14)13-15(11-16)7-5-3-4-6-8-15/h3-13H2,1-2H3. The number of hydrogen-bond donors (Lipinski definition) is 0. The second kappa shape index (κ2) is 6.23. The Morgan fingerprint density at radius 2 is 1.78 bits per heavy atom. The summed E-state index contributed by atoms with van der Waals surface area (Å²) in [4.78, 5) is 2.64. The van der Waals surface area contributed by atoms with Gasteiger partial charge in [-0.05, 0) is 32.1 Å². The molecule has 0 N–H and O–H groups in total. The van der Waals surface area contributed by atoms with Crippen LogP contribution in [0.15, 0.2) is 0 Å². The minimum Gasteiger partial charge on any atom is -0.373 e. The maximum Gasteiger partial charge on any atom is 0.0753 e. The first-order chi connectivity index (χ1) is 8.55. The molecular formula is C15H28BrNO. The number of alkyl halides is 1. The molecule has 0 atom stereocenters. The number of morpholine rings is 1. The molecule has 1 heterocycles. The van der Waals surface area contributed by atoms with E-state index < -0.39 is 0 Å². The van der Waals surface area contributed by atoms with Crippen LogP contribution in [-0.4, -0.2) is 42.1 Å². The van der Waals surface area contributed by atoms with E-state index in [4.69, 9.17) is 4.74 Å². The van der Waals surface area contributed by atoms with Crippen molar-refractivity contribution in [2.24, 2.45) is 5.41 Å². The molecule has 1 aliphatic carbocycles. The summed E-state index contributed by atoms with van der Waals surface area (Å²) in [6, 6.07) is 0. The second-order valence-corrected chi connectivity index (χ2v) is 7.43. The third kappa shape index (κ3) is 3.94. The topological polar surface area (TPSA) is 12.5 Å². The van der Waals surface area contributed by atoms with Crippen molar-refractivity contribution in [3.8, 4) is 0 Å². The molecule has 0 unspecified atom stereocenters. The molecule has 2 fully saturated rings. The van der Waals surface area contributed by atoms with Crippen LogP contribution in [0.2, 0.25) is 0 Å². The molecule has 0 spiro atoms. The molecule has 2 rings (SSSR count). The summed E-state index contributed by atoms with van der Waals surface area (Å²) >= 11 is 3.80. The molecular weight excluding hydrogens is 290 g/mol. The van der Waals surface area contributed by atoms with Gasteiger partial charge in [-0.15, -0.1) is 0 Å². The summed E-state index contributed by atoms with van der Waals surface area (Å²) in [6.07, 6.45) is 8.50. The Hall–Kier alpha value is 0.400. The summed E-state index contributed by atoms with van der Waals surface area (Å²) in [6.45, 7) is 8.77. The lowest BCUT2D eigenvalue weighted by atomic mass is 9.81. The second-order valence-electron chi connectivity index (χ2n) is 6.87. The maximum atomic E-state index is 5.82. The number of hydrogen-bond acceptors (Lipinski definition) is 2. The molecule has 0 aromatic heterocycles. The molecule has 3 heteroatoms. The molecule has 0 radical (unpaired) electrons. The maximum absolute atomic E-state index is 5.82. The number of nitrogens with zero attached hydrogens (tertiary/aromatic N) is 1. The molecule has 18 heavy (non-hydrogen) atoms. The lowest BCUT2D eigenvalue weighted by Gasteiger charge is -2.43. The Kier molecular flexibility index (Phi) is 5.13. The van der Waals surface area contributed by atoms with Gasteiger partial charge in [-0.1, -0.05) is 41.6 Å². The zero-order chi connectivity index (χ0) is 13.1. The zero-order valence-corrected chi connectivity index (χ0v) is 13.6. The van der Waals surface area contributed by atoms with Crippen LogP contribution in [0.3, 0.4) is 0 Å². The highest BCUT2D eigenvalue weighted by Crippen LogP contribution is 2.38. The van der Waals surface area contributed by atoms with Gasteiger partial charge in [0.15, 0.2) is 0 Å². The minimum atomic E-state index is 0.0382. The van der Waals surface area contributed by atoms with Gasteiger partial charge in [0.2, 0.25) is 0 Å². The Morgan fingerprint density at radius 1 is 1.11 bits per heavy atom. The van der Waals surface area contributed by atoms with Crippen LogP contribution in [0.4, 0.5) is 0 Å². The average molecular weight is 318 g/mol. The van der Waals surface area contributed by atoms with Gasteiger partial charge in [0.05, 0.1) is 12.2 Å². The van der Waals surface area contributed by atoms with Gasteiger partial charge in [-0.25, -0.2) is 0 Å². The Labute approximate surface area is 121 Å². The van der Waals surface area contributed by atoms with Crippen molar-refractivity contribution in [3.63, 3.8) is 0 Å². The lowest BCUT2D eigenvalue weighted by molar-refractivity contribution is -0.0939. The van der Waals surface area contributed by atoms with E-state index in [9.17, 15) is 0 Å². The molecule has 106 valence electrons. The Bertz CT molecular complexity index is 259. The van der Waals surface area contributed by atoms with Crippen LogP contribution in [0.5, 0.6) is 0 Å². The van der Waals surface area contributed by atoms with Crippen molar-refractivity contribution in [1.82, 2.24) is 4.90 Å². The van der Waals surface area contributed by atoms with Crippen LogP contribution < -0.4 is 0 Å². The third-order valence-corrected chi connectivity index (χ3v) is 5.70. The van der Waals surface area contributed by atoms with Gasteiger partial charge in [-0.3, -0.25) is 4.90 Å². The number of ether oxygens (including phenoxy) is 1. The van der Waals surface area contributed by atoms with E-state index in [1.165, 1.54) is 45.1 Å². The van der Waals surface area contributed by atoms with Gasteiger partial charge in [0.1, 0.15) is 0 Å². The van der Waals surface area contributed by atoms with E-state index in [1.54, 1.807) is 0 Å². The molecule has 1 saturated carbocycles. The first-order valence-corrected chi connectivity index (χ1v) is 8.60.